The largest absolute Gasteiger partial charge is 0.479 e. The van der Waals surface area contributed by atoms with Crippen LogP contribution < -0.4 is 5.32 Å². The van der Waals surface area contributed by atoms with Crippen molar-refractivity contribution in [2.45, 2.75) is 18.6 Å². The molecule has 0 aliphatic carbocycles. The van der Waals surface area contributed by atoms with Crippen LogP contribution >= 0.6 is 0 Å². The SMILES string of the molecule is O=C(NC(Cc1ccccc1)C(O)C(=O)O)c1ccnc(-c2ccccc2C(=O)O)c1. The van der Waals surface area contributed by atoms with E-state index in [1.165, 1.54) is 24.4 Å². The Hall–Kier alpha value is -4.04. The van der Waals surface area contributed by atoms with E-state index in [0.29, 0.717) is 5.56 Å². The average Bonchev–Trinajstić information content (AvgIpc) is 2.78. The molecule has 0 radical (unpaired) electrons. The maximum atomic E-state index is 12.8. The highest BCUT2D eigenvalue weighted by molar-refractivity contribution is 5.98. The van der Waals surface area contributed by atoms with E-state index in [0.717, 1.165) is 5.56 Å². The summed E-state index contributed by atoms with van der Waals surface area (Å²) in [6.45, 7) is 0. The quantitative estimate of drug-likeness (QED) is 0.439. The molecule has 8 nitrogen and oxygen atoms in total. The van der Waals surface area contributed by atoms with Gasteiger partial charge >= 0.3 is 11.9 Å². The molecule has 0 aliphatic heterocycles. The monoisotopic (exact) mass is 420 g/mol. The van der Waals surface area contributed by atoms with E-state index in [9.17, 15) is 29.7 Å². The number of aliphatic hydroxyl groups excluding tert-OH is 1. The van der Waals surface area contributed by atoms with Crippen LogP contribution in [0.5, 0.6) is 0 Å². The molecule has 1 aromatic heterocycles. The summed E-state index contributed by atoms with van der Waals surface area (Å²) in [5.41, 5.74) is 1.57. The van der Waals surface area contributed by atoms with Gasteiger partial charge in [0, 0.05) is 17.3 Å². The molecule has 4 N–H and O–H groups in total. The Morgan fingerprint density at radius 1 is 0.935 bits per heavy atom. The van der Waals surface area contributed by atoms with Crippen molar-refractivity contribution in [3.05, 3.63) is 89.6 Å². The van der Waals surface area contributed by atoms with E-state index in [-0.39, 0.29) is 23.2 Å². The first kappa shape index (κ1) is 21.7. The summed E-state index contributed by atoms with van der Waals surface area (Å²) in [7, 11) is 0. The van der Waals surface area contributed by atoms with Crippen molar-refractivity contribution < 1.29 is 29.7 Å². The fourth-order valence-corrected chi connectivity index (χ4v) is 3.15. The van der Waals surface area contributed by atoms with E-state index in [2.05, 4.69) is 10.3 Å². The molecule has 0 saturated carbocycles. The molecule has 1 amide bonds. The Kier molecular flexibility index (Phi) is 6.74. The molecule has 0 bridgehead atoms. The van der Waals surface area contributed by atoms with E-state index in [1.54, 1.807) is 48.5 Å². The summed E-state index contributed by atoms with van der Waals surface area (Å²) in [4.78, 5) is 39.8. The van der Waals surface area contributed by atoms with Crippen LogP contribution in [0.3, 0.4) is 0 Å². The van der Waals surface area contributed by atoms with Crippen LogP contribution in [0.4, 0.5) is 0 Å². The minimum atomic E-state index is -1.81. The predicted octanol–water partition coefficient (Wildman–Crippen LogP) is 2.23. The first-order valence-electron chi connectivity index (χ1n) is 9.41. The lowest BCUT2D eigenvalue weighted by Gasteiger charge is -2.22. The van der Waals surface area contributed by atoms with Gasteiger partial charge in [-0.2, -0.15) is 0 Å². The number of carboxylic acid groups (broad SMARTS) is 2. The Balaban J connectivity index is 1.87. The second kappa shape index (κ2) is 9.64. The summed E-state index contributed by atoms with van der Waals surface area (Å²) in [6, 6.07) is 16.9. The number of hydrogen-bond donors (Lipinski definition) is 4. The summed E-state index contributed by atoms with van der Waals surface area (Å²) >= 11 is 0. The van der Waals surface area contributed by atoms with Crippen LogP contribution in [0, 0.1) is 0 Å². The lowest BCUT2D eigenvalue weighted by molar-refractivity contribution is -0.148. The maximum Gasteiger partial charge on any atom is 0.336 e. The Morgan fingerprint density at radius 3 is 2.29 bits per heavy atom. The van der Waals surface area contributed by atoms with Crippen molar-refractivity contribution in [1.82, 2.24) is 10.3 Å². The van der Waals surface area contributed by atoms with Crippen LogP contribution in [0.25, 0.3) is 11.3 Å². The molecule has 8 heteroatoms. The molecule has 2 aromatic carbocycles. The molecular formula is C23H20N2O6. The van der Waals surface area contributed by atoms with E-state index in [4.69, 9.17) is 0 Å². The van der Waals surface area contributed by atoms with Gasteiger partial charge in [-0.05, 0) is 30.2 Å². The van der Waals surface area contributed by atoms with Crippen molar-refractivity contribution in [3.8, 4) is 11.3 Å². The zero-order valence-electron chi connectivity index (χ0n) is 16.3. The van der Waals surface area contributed by atoms with Crippen LogP contribution in [-0.4, -0.2) is 50.3 Å². The zero-order chi connectivity index (χ0) is 22.4. The zero-order valence-corrected chi connectivity index (χ0v) is 16.3. The highest BCUT2D eigenvalue weighted by Crippen LogP contribution is 2.22. The number of aromatic carboxylic acids is 1. The Morgan fingerprint density at radius 2 is 1.61 bits per heavy atom. The molecule has 0 aliphatic rings. The van der Waals surface area contributed by atoms with Gasteiger partial charge in [-0.3, -0.25) is 9.78 Å². The number of carbonyl (C=O) groups is 3. The second-order valence-corrected chi connectivity index (χ2v) is 6.83. The van der Waals surface area contributed by atoms with E-state index < -0.39 is 30.0 Å². The summed E-state index contributed by atoms with van der Waals surface area (Å²) in [5.74, 6) is -3.19. The van der Waals surface area contributed by atoms with Gasteiger partial charge in [0.05, 0.1) is 17.3 Å². The smallest absolute Gasteiger partial charge is 0.336 e. The lowest BCUT2D eigenvalue weighted by atomic mass is 10.00. The van der Waals surface area contributed by atoms with Crippen LogP contribution in [-0.2, 0) is 11.2 Å². The third-order valence-corrected chi connectivity index (χ3v) is 4.70. The van der Waals surface area contributed by atoms with Crippen molar-refractivity contribution in [2.75, 3.05) is 0 Å². The Labute approximate surface area is 177 Å². The summed E-state index contributed by atoms with van der Waals surface area (Å²) < 4.78 is 0. The number of rotatable bonds is 8. The van der Waals surface area contributed by atoms with Crippen LogP contribution in [0.1, 0.15) is 26.3 Å². The fraction of sp³-hybridized carbons (Fsp3) is 0.130. The number of carboxylic acids is 2. The van der Waals surface area contributed by atoms with E-state index in [1.807, 2.05) is 0 Å². The van der Waals surface area contributed by atoms with Gasteiger partial charge < -0.3 is 20.6 Å². The number of aromatic nitrogens is 1. The minimum Gasteiger partial charge on any atom is -0.479 e. The minimum absolute atomic E-state index is 0.0378. The topological polar surface area (TPSA) is 137 Å². The molecule has 158 valence electrons. The fourth-order valence-electron chi connectivity index (χ4n) is 3.15. The Bertz CT molecular complexity index is 1100. The number of benzene rings is 2. The van der Waals surface area contributed by atoms with Crippen molar-refractivity contribution in [3.63, 3.8) is 0 Å². The number of aliphatic hydroxyl groups is 1. The summed E-state index contributed by atoms with van der Waals surface area (Å²) in [5, 5.41) is 31.3. The molecule has 0 saturated heterocycles. The molecular weight excluding hydrogens is 400 g/mol. The lowest BCUT2D eigenvalue weighted by Crippen LogP contribution is -2.48. The normalized spacial score (nSPS) is 12.5. The first-order valence-corrected chi connectivity index (χ1v) is 9.41. The van der Waals surface area contributed by atoms with Gasteiger partial charge in [0.15, 0.2) is 6.10 Å². The van der Waals surface area contributed by atoms with Crippen LogP contribution in [0.15, 0.2) is 72.9 Å². The van der Waals surface area contributed by atoms with Gasteiger partial charge in [-0.15, -0.1) is 0 Å². The number of carbonyl (C=O) groups excluding carboxylic acids is 1. The number of hydrogen-bond acceptors (Lipinski definition) is 5. The molecule has 3 rings (SSSR count). The molecule has 0 fully saturated rings. The van der Waals surface area contributed by atoms with Crippen molar-refractivity contribution in [2.24, 2.45) is 0 Å². The van der Waals surface area contributed by atoms with Gasteiger partial charge in [0.2, 0.25) is 0 Å². The third kappa shape index (κ3) is 5.31. The number of aliphatic carboxylic acids is 1. The molecule has 31 heavy (non-hydrogen) atoms. The number of nitrogens with zero attached hydrogens (tertiary/aromatic N) is 1. The molecule has 0 spiro atoms. The molecule has 1 heterocycles. The highest BCUT2D eigenvalue weighted by Gasteiger charge is 2.28. The highest BCUT2D eigenvalue weighted by atomic mass is 16.4. The van der Waals surface area contributed by atoms with Gasteiger partial charge in [-0.1, -0.05) is 48.5 Å². The van der Waals surface area contributed by atoms with Crippen molar-refractivity contribution in [1.29, 1.82) is 0 Å². The van der Waals surface area contributed by atoms with Crippen LogP contribution in [0.2, 0.25) is 0 Å². The average molecular weight is 420 g/mol. The van der Waals surface area contributed by atoms with Crippen molar-refractivity contribution >= 4 is 17.8 Å². The third-order valence-electron chi connectivity index (χ3n) is 4.70. The standard InChI is InChI=1S/C23H20N2O6/c26-20(23(30)31)19(12-14-6-2-1-3-7-14)25-21(27)15-10-11-24-18(13-15)16-8-4-5-9-17(16)22(28)29/h1-11,13,19-20,26H,12H2,(H,25,27)(H,28,29)(H,30,31). The first-order chi connectivity index (χ1) is 14.9. The van der Waals surface area contributed by atoms with E-state index >= 15 is 0 Å². The van der Waals surface area contributed by atoms with Gasteiger partial charge in [0.25, 0.3) is 5.91 Å². The molecule has 2 atom stereocenters. The summed E-state index contributed by atoms with van der Waals surface area (Å²) in [6.07, 6.45) is -0.332. The predicted molar refractivity (Wildman–Crippen MR) is 112 cm³/mol. The molecule has 3 aromatic rings. The maximum absolute atomic E-state index is 12.8. The number of nitrogens with one attached hydrogen (secondary N) is 1. The number of pyridine rings is 1. The molecule has 2 unspecified atom stereocenters. The van der Waals surface area contributed by atoms with Gasteiger partial charge in [0.1, 0.15) is 0 Å². The number of amides is 1. The van der Waals surface area contributed by atoms with Gasteiger partial charge in [-0.25, -0.2) is 9.59 Å². The second-order valence-electron chi connectivity index (χ2n) is 6.83.